The number of likely N-dealkylation sites (tertiary alicyclic amines) is 1. The number of carbonyl (C=O) groups excluding carboxylic acids is 4. The van der Waals surface area contributed by atoms with Crippen molar-refractivity contribution in [3.63, 3.8) is 0 Å². The first kappa shape index (κ1) is 21.5. The second-order valence-electron chi connectivity index (χ2n) is 8.89. The fourth-order valence-electron chi connectivity index (χ4n) is 5.22. The average Bonchev–Trinajstić information content (AvgIpc) is 3.55. The summed E-state index contributed by atoms with van der Waals surface area (Å²) in [5, 5.41) is 7.80. The van der Waals surface area contributed by atoms with Gasteiger partial charge in [-0.1, -0.05) is 36.4 Å². The molecule has 5 atom stereocenters. The highest BCUT2D eigenvalue weighted by molar-refractivity contribution is 7.14. The van der Waals surface area contributed by atoms with Gasteiger partial charge in [-0.05, 0) is 30.7 Å². The topological polar surface area (TPSA) is 108 Å². The summed E-state index contributed by atoms with van der Waals surface area (Å²) >= 11 is 1.28. The molecule has 170 valence electrons. The highest BCUT2D eigenvalue weighted by Gasteiger charge is 2.59. The Bertz CT molecular complexity index is 1140. The van der Waals surface area contributed by atoms with E-state index in [1.54, 1.807) is 0 Å². The van der Waals surface area contributed by atoms with E-state index < -0.39 is 5.91 Å². The van der Waals surface area contributed by atoms with Gasteiger partial charge in [0.1, 0.15) is 6.54 Å². The van der Waals surface area contributed by atoms with Crippen molar-refractivity contribution < 1.29 is 19.2 Å². The highest BCUT2D eigenvalue weighted by Crippen LogP contribution is 2.52. The van der Waals surface area contributed by atoms with Crippen molar-refractivity contribution in [2.45, 2.75) is 26.3 Å². The Kier molecular flexibility index (Phi) is 5.36. The molecule has 8 nitrogen and oxygen atoms in total. The molecule has 2 fully saturated rings. The molecule has 4 amide bonds. The fraction of sp³-hybridized carbons (Fsp3) is 0.375. The summed E-state index contributed by atoms with van der Waals surface area (Å²) in [5.74, 6) is -1.34. The van der Waals surface area contributed by atoms with E-state index in [9.17, 15) is 19.2 Å². The summed E-state index contributed by atoms with van der Waals surface area (Å²) in [6.07, 6.45) is 4.93. The number of thiazole rings is 1. The lowest BCUT2D eigenvalue weighted by Crippen LogP contribution is -2.39. The van der Waals surface area contributed by atoms with Crippen molar-refractivity contribution in [3.05, 3.63) is 47.4 Å². The quantitative estimate of drug-likeness (QED) is 0.505. The van der Waals surface area contributed by atoms with E-state index in [4.69, 9.17) is 0 Å². The molecule has 0 radical (unpaired) electrons. The molecule has 9 heteroatoms. The predicted molar refractivity (Wildman–Crippen MR) is 123 cm³/mol. The number of imide groups is 1. The van der Waals surface area contributed by atoms with E-state index in [0.717, 1.165) is 22.4 Å². The van der Waals surface area contributed by atoms with E-state index in [2.05, 4.69) is 15.6 Å². The number of amides is 4. The molecule has 3 aliphatic rings. The van der Waals surface area contributed by atoms with E-state index in [-0.39, 0.29) is 54.0 Å². The number of benzene rings is 1. The molecule has 2 bridgehead atoms. The maximum atomic E-state index is 12.8. The van der Waals surface area contributed by atoms with Gasteiger partial charge in [0.25, 0.3) is 0 Å². The van der Waals surface area contributed by atoms with Crippen molar-refractivity contribution in [1.29, 1.82) is 0 Å². The SMILES string of the molecule is CC(=O)NC(C)c1ccc(-c2csc(NC(=O)CN3C(=O)C4C5C=CC(C5)C4C3=O)n2)cc1. The van der Waals surface area contributed by atoms with Crippen molar-refractivity contribution in [2.75, 3.05) is 11.9 Å². The number of fused-ring (bicyclic) bond motifs is 5. The molecule has 2 N–H and O–H groups in total. The van der Waals surface area contributed by atoms with Crippen LogP contribution in [0.25, 0.3) is 11.3 Å². The number of rotatable bonds is 6. The Labute approximate surface area is 195 Å². The summed E-state index contributed by atoms with van der Waals surface area (Å²) in [7, 11) is 0. The van der Waals surface area contributed by atoms with Crippen LogP contribution in [-0.2, 0) is 19.2 Å². The number of anilines is 1. The molecule has 1 aromatic carbocycles. The second-order valence-corrected chi connectivity index (χ2v) is 9.75. The van der Waals surface area contributed by atoms with Gasteiger partial charge in [0.15, 0.2) is 5.13 Å². The van der Waals surface area contributed by atoms with Crippen molar-refractivity contribution in [2.24, 2.45) is 23.7 Å². The summed E-state index contributed by atoms with van der Waals surface area (Å²) in [4.78, 5) is 54.9. The fourth-order valence-corrected chi connectivity index (χ4v) is 5.95. The molecule has 2 heterocycles. The first-order valence-electron chi connectivity index (χ1n) is 11.0. The van der Waals surface area contributed by atoms with Crippen LogP contribution in [0.15, 0.2) is 41.8 Å². The minimum Gasteiger partial charge on any atom is -0.350 e. The largest absolute Gasteiger partial charge is 0.350 e. The third kappa shape index (κ3) is 3.86. The zero-order valence-corrected chi connectivity index (χ0v) is 19.1. The Morgan fingerprint density at radius 1 is 1.12 bits per heavy atom. The van der Waals surface area contributed by atoms with Gasteiger partial charge in [-0.25, -0.2) is 4.98 Å². The number of nitrogens with one attached hydrogen (secondary N) is 2. The van der Waals surface area contributed by atoms with Gasteiger partial charge in [0.05, 0.1) is 23.6 Å². The minimum atomic E-state index is -0.433. The number of hydrogen-bond donors (Lipinski definition) is 2. The molecule has 1 saturated carbocycles. The maximum absolute atomic E-state index is 12.8. The number of aromatic nitrogens is 1. The Morgan fingerprint density at radius 2 is 1.76 bits per heavy atom. The van der Waals surface area contributed by atoms with Crippen molar-refractivity contribution in [3.8, 4) is 11.3 Å². The lowest BCUT2D eigenvalue weighted by molar-refractivity contribution is -0.143. The Hall–Kier alpha value is -3.33. The number of allylic oxidation sites excluding steroid dienone is 2. The Morgan fingerprint density at radius 3 is 2.36 bits per heavy atom. The third-order valence-electron chi connectivity index (χ3n) is 6.74. The van der Waals surface area contributed by atoms with Gasteiger partial charge in [0, 0.05) is 17.9 Å². The molecular weight excluding hydrogens is 440 g/mol. The first-order valence-corrected chi connectivity index (χ1v) is 11.9. The average molecular weight is 465 g/mol. The third-order valence-corrected chi connectivity index (χ3v) is 7.50. The first-order chi connectivity index (χ1) is 15.8. The standard InChI is InChI=1S/C24H24N4O4S/c1-12(25-13(2)29)14-3-5-15(6-4-14)18-11-33-24(26-18)27-19(30)10-28-22(31)20-16-7-8-17(9-16)21(20)23(28)32/h3-8,11-12,16-17,20-21H,9-10H2,1-2H3,(H,25,29)(H,26,27,30). The predicted octanol–water partition coefficient (Wildman–Crippen LogP) is 2.75. The molecule has 2 aromatic rings. The van der Waals surface area contributed by atoms with Crippen LogP contribution in [-0.4, -0.2) is 40.1 Å². The molecule has 5 unspecified atom stereocenters. The lowest BCUT2D eigenvalue weighted by atomic mass is 9.85. The summed E-state index contributed by atoms with van der Waals surface area (Å²) < 4.78 is 0. The van der Waals surface area contributed by atoms with Crippen LogP contribution in [0.2, 0.25) is 0 Å². The monoisotopic (exact) mass is 464 g/mol. The molecule has 1 aliphatic heterocycles. The normalized spacial score (nSPS) is 25.9. The van der Waals surface area contributed by atoms with Crippen molar-refractivity contribution >= 4 is 40.1 Å². The summed E-state index contributed by atoms with van der Waals surface area (Å²) in [5.41, 5.74) is 2.57. The van der Waals surface area contributed by atoms with E-state index in [1.807, 2.05) is 48.7 Å². The van der Waals surface area contributed by atoms with Crippen LogP contribution >= 0.6 is 11.3 Å². The molecule has 5 rings (SSSR count). The van der Waals surface area contributed by atoms with Gasteiger partial charge in [-0.15, -0.1) is 11.3 Å². The number of nitrogens with zero attached hydrogens (tertiary/aromatic N) is 2. The van der Waals surface area contributed by atoms with Gasteiger partial charge in [-0.3, -0.25) is 24.1 Å². The van der Waals surface area contributed by atoms with E-state index in [1.165, 1.54) is 18.3 Å². The molecule has 2 aliphatic carbocycles. The van der Waals surface area contributed by atoms with E-state index in [0.29, 0.717) is 10.8 Å². The van der Waals surface area contributed by atoms with Gasteiger partial charge in [-0.2, -0.15) is 0 Å². The molecule has 1 saturated heterocycles. The summed E-state index contributed by atoms with van der Waals surface area (Å²) in [6, 6.07) is 7.59. The van der Waals surface area contributed by atoms with Crippen LogP contribution in [0, 0.1) is 23.7 Å². The molecular formula is C24H24N4O4S. The smallest absolute Gasteiger partial charge is 0.246 e. The number of carbonyl (C=O) groups is 4. The second kappa shape index (κ2) is 8.22. The van der Waals surface area contributed by atoms with Gasteiger partial charge in [0.2, 0.25) is 23.6 Å². The van der Waals surface area contributed by atoms with Gasteiger partial charge >= 0.3 is 0 Å². The minimum absolute atomic E-state index is 0.0870. The Balaban J connectivity index is 1.21. The molecule has 0 spiro atoms. The zero-order chi connectivity index (χ0) is 23.3. The van der Waals surface area contributed by atoms with E-state index >= 15 is 0 Å². The summed E-state index contributed by atoms with van der Waals surface area (Å²) in [6.45, 7) is 3.12. The van der Waals surface area contributed by atoms with Gasteiger partial charge < -0.3 is 10.6 Å². The van der Waals surface area contributed by atoms with Crippen LogP contribution in [0.3, 0.4) is 0 Å². The van der Waals surface area contributed by atoms with Crippen LogP contribution in [0.4, 0.5) is 5.13 Å². The van der Waals surface area contributed by atoms with Crippen LogP contribution < -0.4 is 10.6 Å². The lowest BCUT2D eigenvalue weighted by Gasteiger charge is -2.16. The highest BCUT2D eigenvalue weighted by atomic mass is 32.1. The molecule has 33 heavy (non-hydrogen) atoms. The van der Waals surface area contributed by atoms with Crippen LogP contribution in [0.1, 0.15) is 31.9 Å². The maximum Gasteiger partial charge on any atom is 0.246 e. The number of hydrogen-bond acceptors (Lipinski definition) is 6. The van der Waals surface area contributed by atoms with Crippen LogP contribution in [0.5, 0.6) is 0 Å². The zero-order valence-electron chi connectivity index (χ0n) is 18.3. The molecule has 1 aromatic heterocycles. The van der Waals surface area contributed by atoms with Crippen molar-refractivity contribution in [1.82, 2.24) is 15.2 Å².